The molecule has 0 saturated carbocycles. The van der Waals surface area contributed by atoms with Crippen molar-refractivity contribution in [1.82, 2.24) is 10.3 Å². The van der Waals surface area contributed by atoms with Gasteiger partial charge in [-0.05, 0) is 36.1 Å². The van der Waals surface area contributed by atoms with Crippen molar-refractivity contribution in [1.29, 1.82) is 0 Å². The summed E-state index contributed by atoms with van der Waals surface area (Å²) in [6.45, 7) is 2.64. The van der Waals surface area contributed by atoms with Crippen LogP contribution in [0.4, 0.5) is 0 Å². The van der Waals surface area contributed by atoms with Crippen LogP contribution in [0.1, 0.15) is 29.5 Å². The molecule has 0 aliphatic heterocycles. The largest absolute Gasteiger partial charge is 0.386 e. The first-order chi connectivity index (χ1) is 8.27. The van der Waals surface area contributed by atoms with Gasteiger partial charge in [0.2, 0.25) is 0 Å². The molecule has 1 unspecified atom stereocenters. The van der Waals surface area contributed by atoms with E-state index < -0.39 is 6.10 Å². The summed E-state index contributed by atoms with van der Waals surface area (Å²) in [5, 5.41) is 15.2. The van der Waals surface area contributed by atoms with Gasteiger partial charge in [0.1, 0.15) is 6.10 Å². The van der Waals surface area contributed by atoms with E-state index in [1.54, 1.807) is 23.7 Å². The lowest BCUT2D eigenvalue weighted by atomic mass is 10.1. The number of nitrogens with one attached hydrogen (secondary N) is 1. The zero-order chi connectivity index (χ0) is 12.1. The molecule has 0 spiro atoms. The topological polar surface area (TPSA) is 45.1 Å². The van der Waals surface area contributed by atoms with Gasteiger partial charge < -0.3 is 10.4 Å². The Hall–Kier alpha value is -1.23. The van der Waals surface area contributed by atoms with Crippen LogP contribution in [0.5, 0.6) is 0 Å². The van der Waals surface area contributed by atoms with Crippen LogP contribution in [0.2, 0.25) is 0 Å². The Morgan fingerprint density at radius 2 is 2.12 bits per heavy atom. The maximum Gasteiger partial charge on any atom is 0.101 e. The van der Waals surface area contributed by atoms with Crippen LogP contribution >= 0.6 is 11.3 Å². The molecule has 0 amide bonds. The molecule has 2 heterocycles. The summed E-state index contributed by atoms with van der Waals surface area (Å²) >= 11 is 1.58. The molecular weight excluding hydrogens is 232 g/mol. The van der Waals surface area contributed by atoms with E-state index in [1.165, 1.54) is 5.56 Å². The number of nitrogens with zero attached hydrogens (tertiary/aromatic N) is 1. The van der Waals surface area contributed by atoms with Crippen molar-refractivity contribution in [3.63, 3.8) is 0 Å². The predicted octanol–water partition coefficient (Wildman–Crippen LogP) is 2.53. The summed E-state index contributed by atoms with van der Waals surface area (Å²) in [5.41, 5.74) is 1.18. The molecule has 2 atom stereocenters. The third-order valence-electron chi connectivity index (χ3n) is 2.70. The first kappa shape index (κ1) is 12.2. The number of hydrogen-bond donors (Lipinski definition) is 2. The highest BCUT2D eigenvalue weighted by molar-refractivity contribution is 7.10. The number of pyridine rings is 1. The quantitative estimate of drug-likeness (QED) is 0.854. The van der Waals surface area contributed by atoms with E-state index in [0.717, 1.165) is 4.88 Å². The van der Waals surface area contributed by atoms with Crippen molar-refractivity contribution in [3.05, 3.63) is 52.5 Å². The fraction of sp³-hybridized carbons (Fsp3) is 0.308. The molecule has 0 aromatic carbocycles. The summed E-state index contributed by atoms with van der Waals surface area (Å²) in [5.74, 6) is 0. The van der Waals surface area contributed by atoms with Crippen LogP contribution in [0.25, 0.3) is 0 Å². The molecule has 0 bridgehead atoms. The van der Waals surface area contributed by atoms with Crippen LogP contribution in [0.3, 0.4) is 0 Å². The molecule has 2 aromatic rings. The summed E-state index contributed by atoms with van der Waals surface area (Å²) < 4.78 is 0. The minimum Gasteiger partial charge on any atom is -0.386 e. The third kappa shape index (κ3) is 3.36. The molecule has 0 aliphatic rings. The average molecular weight is 248 g/mol. The van der Waals surface area contributed by atoms with Crippen LogP contribution in [0, 0.1) is 0 Å². The van der Waals surface area contributed by atoms with Crippen molar-refractivity contribution in [2.45, 2.75) is 19.1 Å². The molecule has 0 aliphatic carbocycles. The number of aliphatic hydroxyl groups is 1. The van der Waals surface area contributed by atoms with Gasteiger partial charge in [0.15, 0.2) is 0 Å². The van der Waals surface area contributed by atoms with Crippen LogP contribution in [-0.2, 0) is 0 Å². The number of aliphatic hydroxyl groups excluding tert-OH is 1. The van der Waals surface area contributed by atoms with Crippen molar-refractivity contribution in [2.24, 2.45) is 0 Å². The van der Waals surface area contributed by atoms with Crippen molar-refractivity contribution in [2.75, 3.05) is 6.54 Å². The van der Waals surface area contributed by atoms with E-state index in [4.69, 9.17) is 0 Å². The Kier molecular flexibility index (Phi) is 4.25. The molecule has 0 fully saturated rings. The molecule has 2 rings (SSSR count). The van der Waals surface area contributed by atoms with Gasteiger partial charge >= 0.3 is 0 Å². The Balaban J connectivity index is 1.86. The maximum atomic E-state index is 9.94. The smallest absolute Gasteiger partial charge is 0.101 e. The third-order valence-corrected chi connectivity index (χ3v) is 3.67. The van der Waals surface area contributed by atoms with Crippen LogP contribution in [-0.4, -0.2) is 16.6 Å². The number of aromatic nitrogens is 1. The molecule has 2 N–H and O–H groups in total. The highest BCUT2D eigenvalue weighted by atomic mass is 32.1. The highest BCUT2D eigenvalue weighted by Gasteiger charge is 2.10. The lowest BCUT2D eigenvalue weighted by molar-refractivity contribution is 0.174. The number of hydrogen-bond acceptors (Lipinski definition) is 4. The van der Waals surface area contributed by atoms with E-state index in [1.807, 2.05) is 29.6 Å². The summed E-state index contributed by atoms with van der Waals surface area (Å²) in [6, 6.07) is 8.08. The van der Waals surface area contributed by atoms with Gasteiger partial charge in [-0.15, -0.1) is 11.3 Å². The SMILES string of the molecule is C[C@@H](NCC(O)c1cccs1)c1ccncc1. The van der Waals surface area contributed by atoms with Crippen LogP contribution in [0.15, 0.2) is 42.0 Å². The molecule has 17 heavy (non-hydrogen) atoms. The highest BCUT2D eigenvalue weighted by Crippen LogP contribution is 2.19. The summed E-state index contributed by atoms with van der Waals surface area (Å²) in [6.07, 6.45) is 3.13. The minimum atomic E-state index is -0.431. The lowest BCUT2D eigenvalue weighted by Crippen LogP contribution is -2.24. The normalized spacial score (nSPS) is 14.5. The molecular formula is C13H16N2OS. The average Bonchev–Trinajstić information content (AvgIpc) is 2.90. The van der Waals surface area contributed by atoms with Gasteiger partial charge in [0.25, 0.3) is 0 Å². The first-order valence-electron chi connectivity index (χ1n) is 5.62. The number of thiophene rings is 1. The maximum absolute atomic E-state index is 9.94. The minimum absolute atomic E-state index is 0.215. The van der Waals surface area contributed by atoms with E-state index >= 15 is 0 Å². The summed E-state index contributed by atoms with van der Waals surface area (Å²) in [7, 11) is 0. The summed E-state index contributed by atoms with van der Waals surface area (Å²) in [4.78, 5) is 4.99. The molecule has 2 aromatic heterocycles. The van der Waals surface area contributed by atoms with Gasteiger partial charge in [0.05, 0.1) is 0 Å². The van der Waals surface area contributed by atoms with Crippen LogP contribution < -0.4 is 5.32 Å². The number of rotatable bonds is 5. The predicted molar refractivity (Wildman–Crippen MR) is 69.9 cm³/mol. The van der Waals surface area contributed by atoms with Crippen molar-refractivity contribution >= 4 is 11.3 Å². The molecule has 3 nitrogen and oxygen atoms in total. The van der Waals surface area contributed by atoms with E-state index in [9.17, 15) is 5.11 Å². The Morgan fingerprint density at radius 1 is 1.35 bits per heavy atom. The molecule has 0 saturated heterocycles. The van der Waals surface area contributed by atoms with Crippen molar-refractivity contribution in [3.8, 4) is 0 Å². The second-order valence-corrected chi connectivity index (χ2v) is 4.92. The van der Waals surface area contributed by atoms with Gasteiger partial charge in [-0.3, -0.25) is 4.98 Å². The molecule has 4 heteroatoms. The standard InChI is InChI=1S/C13H16N2OS/c1-10(11-4-6-14-7-5-11)15-9-12(16)13-3-2-8-17-13/h2-8,10,12,15-16H,9H2,1H3/t10-,12?/m1/s1. The van der Waals surface area contributed by atoms with Crippen molar-refractivity contribution < 1.29 is 5.11 Å². The van der Waals surface area contributed by atoms with Gasteiger partial charge in [0, 0.05) is 29.9 Å². The van der Waals surface area contributed by atoms with E-state index in [0.29, 0.717) is 6.54 Å². The van der Waals surface area contributed by atoms with Gasteiger partial charge in [-0.2, -0.15) is 0 Å². The fourth-order valence-electron chi connectivity index (χ4n) is 1.64. The zero-order valence-corrected chi connectivity index (χ0v) is 10.5. The molecule has 90 valence electrons. The lowest BCUT2D eigenvalue weighted by Gasteiger charge is -2.16. The molecule has 0 radical (unpaired) electrons. The monoisotopic (exact) mass is 248 g/mol. The fourth-order valence-corrected chi connectivity index (χ4v) is 2.35. The first-order valence-corrected chi connectivity index (χ1v) is 6.50. The second kappa shape index (κ2) is 5.91. The van der Waals surface area contributed by atoms with Gasteiger partial charge in [-0.1, -0.05) is 6.07 Å². The Labute approximate surface area is 105 Å². The van der Waals surface area contributed by atoms with E-state index in [-0.39, 0.29) is 6.04 Å². The van der Waals surface area contributed by atoms with Gasteiger partial charge in [-0.25, -0.2) is 0 Å². The second-order valence-electron chi connectivity index (χ2n) is 3.94. The Morgan fingerprint density at radius 3 is 2.76 bits per heavy atom. The Bertz CT molecular complexity index is 430. The zero-order valence-electron chi connectivity index (χ0n) is 9.71. The van der Waals surface area contributed by atoms with E-state index in [2.05, 4.69) is 17.2 Å².